The summed E-state index contributed by atoms with van der Waals surface area (Å²) in [5.74, 6) is 1.26. The van der Waals surface area contributed by atoms with Gasteiger partial charge in [-0.15, -0.1) is 0 Å². The smallest absolute Gasteiger partial charge is 0.269 e. The van der Waals surface area contributed by atoms with Gasteiger partial charge in [0.2, 0.25) is 0 Å². The molecule has 0 unspecified atom stereocenters. The summed E-state index contributed by atoms with van der Waals surface area (Å²) in [6.07, 6.45) is 8.46. The summed E-state index contributed by atoms with van der Waals surface area (Å²) in [4.78, 5) is 10.1. The fraction of sp³-hybridized carbons (Fsp3) is 0.333. The first-order valence-electron chi connectivity index (χ1n) is 7.14. The molecule has 3 atom stereocenters. The Hall–Kier alpha value is -2.28. The maximum absolute atomic E-state index is 10.6. The highest BCUT2D eigenvalue weighted by molar-refractivity contribution is 7.80. The fourth-order valence-electron chi connectivity index (χ4n) is 2.99. The quantitative estimate of drug-likeness (QED) is 0.293. The number of nitro benzene ring substituents is 1. The van der Waals surface area contributed by atoms with Crippen LogP contribution in [0, 0.1) is 22.0 Å². The van der Waals surface area contributed by atoms with Crippen LogP contribution in [0.25, 0.3) is 0 Å². The summed E-state index contributed by atoms with van der Waals surface area (Å²) in [7, 11) is 0. The monoisotopic (exact) mass is 316 g/mol. The Morgan fingerprint density at radius 2 is 2.09 bits per heavy atom. The molecule has 6 nitrogen and oxygen atoms in total. The third-order valence-electron chi connectivity index (χ3n) is 4.08. The molecule has 22 heavy (non-hydrogen) atoms. The lowest BCUT2D eigenvalue weighted by atomic mass is 10.0. The highest BCUT2D eigenvalue weighted by Gasteiger charge is 2.35. The molecule has 3 rings (SSSR count). The number of thiocarbonyl (C=S) groups is 1. The minimum atomic E-state index is -0.429. The average molecular weight is 316 g/mol. The molecule has 2 aliphatic carbocycles. The van der Waals surface area contributed by atoms with Crippen molar-refractivity contribution in [1.82, 2.24) is 10.7 Å². The second kappa shape index (κ2) is 6.23. The van der Waals surface area contributed by atoms with E-state index in [-0.39, 0.29) is 5.69 Å². The van der Waals surface area contributed by atoms with Crippen LogP contribution in [0.1, 0.15) is 18.4 Å². The topological polar surface area (TPSA) is 79.6 Å². The van der Waals surface area contributed by atoms with Gasteiger partial charge in [0, 0.05) is 18.2 Å². The van der Waals surface area contributed by atoms with E-state index >= 15 is 0 Å². The van der Waals surface area contributed by atoms with Crippen LogP contribution in [0.5, 0.6) is 0 Å². The summed E-state index contributed by atoms with van der Waals surface area (Å²) < 4.78 is 0. The second-order valence-corrected chi connectivity index (χ2v) is 5.99. The van der Waals surface area contributed by atoms with Gasteiger partial charge in [-0.2, -0.15) is 5.10 Å². The van der Waals surface area contributed by atoms with Gasteiger partial charge < -0.3 is 5.32 Å². The molecule has 0 heterocycles. The number of allylic oxidation sites excluding steroid dienone is 1. The van der Waals surface area contributed by atoms with Crippen molar-refractivity contribution in [2.45, 2.75) is 18.9 Å². The highest BCUT2D eigenvalue weighted by atomic mass is 32.1. The van der Waals surface area contributed by atoms with E-state index in [1.807, 2.05) is 0 Å². The fourth-order valence-corrected chi connectivity index (χ4v) is 3.20. The lowest BCUT2D eigenvalue weighted by Crippen LogP contribution is -2.42. The normalized spacial score (nSPS) is 25.5. The Morgan fingerprint density at radius 3 is 2.68 bits per heavy atom. The number of rotatable bonds is 4. The number of hydrogen-bond acceptors (Lipinski definition) is 4. The Morgan fingerprint density at radius 1 is 1.32 bits per heavy atom. The number of hydrogen-bond donors (Lipinski definition) is 2. The molecule has 0 spiro atoms. The van der Waals surface area contributed by atoms with Gasteiger partial charge in [-0.3, -0.25) is 15.5 Å². The van der Waals surface area contributed by atoms with Crippen molar-refractivity contribution in [3.63, 3.8) is 0 Å². The molecule has 2 aliphatic rings. The molecular formula is C15H16N4O2S. The predicted molar refractivity (Wildman–Crippen MR) is 88.7 cm³/mol. The van der Waals surface area contributed by atoms with Crippen LogP contribution in [0.15, 0.2) is 41.5 Å². The first kappa shape index (κ1) is 14.6. The number of nitrogens with one attached hydrogen (secondary N) is 2. The van der Waals surface area contributed by atoms with Gasteiger partial charge in [0.15, 0.2) is 5.11 Å². The van der Waals surface area contributed by atoms with Crippen molar-refractivity contribution < 1.29 is 4.92 Å². The van der Waals surface area contributed by atoms with Gasteiger partial charge >= 0.3 is 0 Å². The third-order valence-corrected chi connectivity index (χ3v) is 4.29. The second-order valence-electron chi connectivity index (χ2n) is 5.58. The summed E-state index contributed by atoms with van der Waals surface area (Å²) in [5, 5.41) is 18.4. The minimum absolute atomic E-state index is 0.0617. The van der Waals surface area contributed by atoms with Crippen molar-refractivity contribution in [2.24, 2.45) is 16.9 Å². The zero-order valence-corrected chi connectivity index (χ0v) is 12.6. The Bertz CT molecular complexity index is 641. The molecule has 1 aromatic rings. The van der Waals surface area contributed by atoms with Gasteiger partial charge in [0.25, 0.3) is 5.69 Å². The summed E-state index contributed by atoms with van der Waals surface area (Å²) in [5.41, 5.74) is 3.62. The molecule has 0 amide bonds. The summed E-state index contributed by atoms with van der Waals surface area (Å²) in [6, 6.07) is 6.56. The van der Waals surface area contributed by atoms with Gasteiger partial charge in [0.1, 0.15) is 0 Å². The SMILES string of the molecule is O=[N+]([O-])c1ccc(/C=N\NC(=S)N[C@@H]2C[C@H]3C=C[C@H]2C3)cc1. The van der Waals surface area contributed by atoms with Gasteiger partial charge in [-0.25, -0.2) is 0 Å². The molecule has 0 aromatic heterocycles. The van der Waals surface area contributed by atoms with Gasteiger partial charge in [-0.05, 0) is 54.6 Å². The molecule has 1 saturated carbocycles. The molecule has 1 aromatic carbocycles. The van der Waals surface area contributed by atoms with E-state index in [9.17, 15) is 10.1 Å². The van der Waals surface area contributed by atoms with Crippen LogP contribution in [-0.4, -0.2) is 22.3 Å². The average Bonchev–Trinajstić information content (AvgIpc) is 3.10. The lowest BCUT2D eigenvalue weighted by Gasteiger charge is -2.20. The zero-order valence-electron chi connectivity index (χ0n) is 11.8. The van der Waals surface area contributed by atoms with Crippen molar-refractivity contribution in [3.05, 3.63) is 52.1 Å². The van der Waals surface area contributed by atoms with E-state index in [1.54, 1.807) is 18.3 Å². The number of hydrazone groups is 1. The Kier molecular flexibility index (Phi) is 4.15. The van der Waals surface area contributed by atoms with E-state index in [0.29, 0.717) is 23.0 Å². The first-order chi connectivity index (χ1) is 10.6. The van der Waals surface area contributed by atoms with Crippen LogP contribution in [0.3, 0.4) is 0 Å². The minimum Gasteiger partial charge on any atom is -0.358 e. The van der Waals surface area contributed by atoms with E-state index in [2.05, 4.69) is 28.0 Å². The van der Waals surface area contributed by atoms with E-state index in [0.717, 1.165) is 12.0 Å². The molecule has 0 aliphatic heterocycles. The number of nitrogens with zero attached hydrogens (tertiary/aromatic N) is 2. The standard InChI is InChI=1S/C15H16N4O2S/c20-19(21)13-5-2-10(3-6-13)9-16-18-15(22)17-14-8-11-1-4-12(14)7-11/h1-6,9,11-12,14H,7-8H2,(H2,17,18,22)/b16-9-/t11-,12-,14+/m0/s1. The van der Waals surface area contributed by atoms with Crippen LogP contribution in [0.2, 0.25) is 0 Å². The van der Waals surface area contributed by atoms with E-state index in [4.69, 9.17) is 12.2 Å². The number of non-ortho nitro benzene ring substituents is 1. The molecule has 114 valence electrons. The van der Waals surface area contributed by atoms with Crippen LogP contribution < -0.4 is 10.7 Å². The van der Waals surface area contributed by atoms with Crippen molar-refractivity contribution in [1.29, 1.82) is 0 Å². The number of nitro groups is 1. The first-order valence-corrected chi connectivity index (χ1v) is 7.55. The lowest BCUT2D eigenvalue weighted by molar-refractivity contribution is -0.384. The van der Waals surface area contributed by atoms with E-state index < -0.39 is 4.92 Å². The van der Waals surface area contributed by atoms with Gasteiger partial charge in [-0.1, -0.05) is 12.2 Å². The van der Waals surface area contributed by atoms with Crippen molar-refractivity contribution >= 4 is 29.2 Å². The van der Waals surface area contributed by atoms with Crippen molar-refractivity contribution in [3.8, 4) is 0 Å². The van der Waals surface area contributed by atoms with Crippen LogP contribution in [0.4, 0.5) is 5.69 Å². The molecule has 2 bridgehead atoms. The van der Waals surface area contributed by atoms with Crippen LogP contribution >= 0.6 is 12.2 Å². The Balaban J connectivity index is 1.48. The molecular weight excluding hydrogens is 300 g/mol. The molecule has 0 saturated heterocycles. The Labute approximate surface area is 133 Å². The third kappa shape index (κ3) is 3.30. The summed E-state index contributed by atoms with van der Waals surface area (Å²) >= 11 is 5.23. The number of fused-ring (bicyclic) bond motifs is 2. The summed E-state index contributed by atoms with van der Waals surface area (Å²) in [6.45, 7) is 0. The maximum atomic E-state index is 10.6. The number of benzene rings is 1. The molecule has 0 radical (unpaired) electrons. The molecule has 7 heteroatoms. The van der Waals surface area contributed by atoms with Crippen LogP contribution in [-0.2, 0) is 0 Å². The van der Waals surface area contributed by atoms with Gasteiger partial charge in [0.05, 0.1) is 11.1 Å². The molecule has 1 fully saturated rings. The maximum Gasteiger partial charge on any atom is 0.269 e. The zero-order chi connectivity index (χ0) is 15.5. The van der Waals surface area contributed by atoms with E-state index in [1.165, 1.54) is 18.6 Å². The molecule has 2 N–H and O–H groups in total. The highest BCUT2D eigenvalue weighted by Crippen LogP contribution is 2.38. The largest absolute Gasteiger partial charge is 0.358 e. The van der Waals surface area contributed by atoms with Crippen molar-refractivity contribution in [2.75, 3.05) is 0 Å². The predicted octanol–water partition coefficient (Wildman–Crippen LogP) is 2.36.